The molecule has 0 heterocycles. The Labute approximate surface area is 97.6 Å². The van der Waals surface area contributed by atoms with E-state index in [9.17, 15) is 4.79 Å². The average Bonchev–Trinajstić information content (AvgIpc) is 2.16. The maximum Gasteiger partial charge on any atom is 0.176 e. The Hall–Kier alpha value is -0.340. The van der Waals surface area contributed by atoms with Crippen molar-refractivity contribution in [2.75, 3.05) is 0 Å². The molecule has 0 aliphatic carbocycles. The van der Waals surface area contributed by atoms with Gasteiger partial charge in [0.2, 0.25) is 0 Å². The van der Waals surface area contributed by atoms with Gasteiger partial charge < -0.3 is 0 Å². The molecule has 0 aliphatic rings. The molecule has 3 heteroatoms. The molecule has 1 rings (SSSR count). The fraction of sp³-hybridized carbons (Fsp3) is 0.364. The van der Waals surface area contributed by atoms with E-state index < -0.39 is 0 Å². The minimum absolute atomic E-state index is 0.108. The van der Waals surface area contributed by atoms with Crippen LogP contribution >= 0.6 is 27.5 Å². The third kappa shape index (κ3) is 2.82. The Morgan fingerprint density at radius 3 is 2.21 bits per heavy atom. The van der Waals surface area contributed by atoms with E-state index in [2.05, 4.69) is 15.9 Å². The first kappa shape index (κ1) is 11.7. The highest BCUT2D eigenvalue weighted by atomic mass is 79.9. The summed E-state index contributed by atoms with van der Waals surface area (Å²) in [4.78, 5) is 11.7. The first-order chi connectivity index (χ1) is 6.52. The molecule has 0 bridgehead atoms. The molecule has 1 aromatic carbocycles. The van der Waals surface area contributed by atoms with Crippen LogP contribution < -0.4 is 0 Å². The van der Waals surface area contributed by atoms with Crippen molar-refractivity contribution >= 4 is 33.3 Å². The highest BCUT2D eigenvalue weighted by Crippen LogP contribution is 2.19. The maximum absolute atomic E-state index is 11.8. The van der Waals surface area contributed by atoms with Gasteiger partial charge in [-0.05, 0) is 30.2 Å². The SMILES string of the molecule is CC(C)C(Br)C(=O)c1ccc(Cl)cc1. The Morgan fingerprint density at radius 1 is 1.29 bits per heavy atom. The number of carbonyl (C=O) groups excluding carboxylic acids is 1. The van der Waals surface area contributed by atoms with Gasteiger partial charge in [-0.1, -0.05) is 41.4 Å². The van der Waals surface area contributed by atoms with E-state index in [4.69, 9.17) is 11.6 Å². The second kappa shape index (κ2) is 4.94. The molecule has 1 unspecified atom stereocenters. The van der Waals surface area contributed by atoms with Crippen molar-refractivity contribution in [3.8, 4) is 0 Å². The Morgan fingerprint density at radius 2 is 1.79 bits per heavy atom. The first-order valence-corrected chi connectivity index (χ1v) is 5.75. The van der Waals surface area contributed by atoms with Crippen LogP contribution in [0.1, 0.15) is 24.2 Å². The fourth-order valence-corrected chi connectivity index (χ4v) is 1.47. The van der Waals surface area contributed by atoms with E-state index in [0.29, 0.717) is 10.6 Å². The lowest BCUT2D eigenvalue weighted by atomic mass is 10.0. The molecule has 1 nitrogen and oxygen atoms in total. The second-order valence-electron chi connectivity index (χ2n) is 3.52. The summed E-state index contributed by atoms with van der Waals surface area (Å²) in [6.45, 7) is 4.01. The molecule has 0 saturated carbocycles. The molecule has 0 saturated heterocycles. The van der Waals surface area contributed by atoms with E-state index >= 15 is 0 Å². The van der Waals surface area contributed by atoms with Gasteiger partial charge in [0.15, 0.2) is 5.78 Å². The van der Waals surface area contributed by atoms with Crippen LogP contribution in [-0.2, 0) is 0 Å². The predicted octanol–water partition coefficient (Wildman–Crippen LogP) is 3.94. The smallest absolute Gasteiger partial charge is 0.176 e. The van der Waals surface area contributed by atoms with Crippen LogP contribution in [0.4, 0.5) is 0 Å². The van der Waals surface area contributed by atoms with Crippen LogP contribution in [0.2, 0.25) is 5.02 Å². The van der Waals surface area contributed by atoms with Gasteiger partial charge in [-0.2, -0.15) is 0 Å². The number of Topliss-reactive ketones (excluding diaryl/α,β-unsaturated/α-hetero) is 1. The maximum atomic E-state index is 11.8. The Bertz CT molecular complexity index is 319. The lowest BCUT2D eigenvalue weighted by Crippen LogP contribution is -2.19. The van der Waals surface area contributed by atoms with E-state index in [1.54, 1.807) is 24.3 Å². The van der Waals surface area contributed by atoms with E-state index in [-0.39, 0.29) is 16.5 Å². The van der Waals surface area contributed by atoms with Crippen molar-refractivity contribution in [2.45, 2.75) is 18.7 Å². The molecule has 1 aromatic rings. The number of carbonyl (C=O) groups is 1. The number of benzene rings is 1. The zero-order chi connectivity index (χ0) is 10.7. The summed E-state index contributed by atoms with van der Waals surface area (Å²) in [6, 6.07) is 6.96. The molecule has 0 N–H and O–H groups in total. The van der Waals surface area contributed by atoms with Gasteiger partial charge in [0, 0.05) is 10.6 Å². The summed E-state index contributed by atoms with van der Waals surface area (Å²) in [5.74, 6) is 0.398. The lowest BCUT2D eigenvalue weighted by molar-refractivity contribution is 0.0978. The van der Waals surface area contributed by atoms with Crippen LogP contribution in [0.3, 0.4) is 0 Å². The second-order valence-corrected chi connectivity index (χ2v) is 4.94. The zero-order valence-electron chi connectivity index (χ0n) is 8.13. The molecular weight excluding hydrogens is 263 g/mol. The van der Waals surface area contributed by atoms with E-state index in [1.807, 2.05) is 13.8 Å². The summed E-state index contributed by atoms with van der Waals surface area (Å²) < 4.78 is 0. The van der Waals surface area contributed by atoms with Gasteiger partial charge in [0.05, 0.1) is 4.83 Å². The number of halogens is 2. The lowest BCUT2D eigenvalue weighted by Gasteiger charge is -2.12. The third-order valence-electron chi connectivity index (χ3n) is 1.96. The van der Waals surface area contributed by atoms with Gasteiger partial charge in [0.1, 0.15) is 0 Å². The number of hydrogen-bond acceptors (Lipinski definition) is 1. The predicted molar refractivity (Wildman–Crippen MR) is 63.3 cm³/mol. The molecular formula is C11H12BrClO. The quantitative estimate of drug-likeness (QED) is 0.603. The van der Waals surface area contributed by atoms with Crippen LogP contribution in [0.15, 0.2) is 24.3 Å². The summed E-state index contributed by atoms with van der Waals surface area (Å²) in [5, 5.41) is 0.650. The number of hydrogen-bond donors (Lipinski definition) is 0. The van der Waals surface area contributed by atoms with Crippen LogP contribution in [0.5, 0.6) is 0 Å². The largest absolute Gasteiger partial charge is 0.293 e. The van der Waals surface area contributed by atoms with Crippen molar-refractivity contribution < 1.29 is 4.79 Å². The van der Waals surface area contributed by atoms with Gasteiger partial charge in [0.25, 0.3) is 0 Å². The minimum Gasteiger partial charge on any atom is -0.293 e. The molecule has 0 aliphatic heterocycles. The van der Waals surface area contributed by atoms with Crippen molar-refractivity contribution in [2.24, 2.45) is 5.92 Å². The highest BCUT2D eigenvalue weighted by Gasteiger charge is 2.19. The monoisotopic (exact) mass is 274 g/mol. The molecule has 76 valence electrons. The Balaban J connectivity index is 2.84. The summed E-state index contributed by atoms with van der Waals surface area (Å²) >= 11 is 9.12. The van der Waals surface area contributed by atoms with Crippen molar-refractivity contribution in [3.05, 3.63) is 34.9 Å². The molecule has 14 heavy (non-hydrogen) atoms. The van der Waals surface area contributed by atoms with Crippen molar-refractivity contribution in [1.29, 1.82) is 0 Å². The van der Waals surface area contributed by atoms with Gasteiger partial charge in [-0.3, -0.25) is 4.79 Å². The first-order valence-electron chi connectivity index (χ1n) is 4.46. The van der Waals surface area contributed by atoms with Crippen LogP contribution in [0, 0.1) is 5.92 Å². The standard InChI is InChI=1S/C11H12BrClO/c1-7(2)10(12)11(14)8-3-5-9(13)6-4-8/h3-7,10H,1-2H3. The summed E-state index contributed by atoms with van der Waals surface area (Å²) in [5.41, 5.74) is 0.699. The topological polar surface area (TPSA) is 17.1 Å². The molecule has 0 fully saturated rings. The highest BCUT2D eigenvalue weighted by molar-refractivity contribution is 9.10. The average molecular weight is 276 g/mol. The zero-order valence-corrected chi connectivity index (χ0v) is 10.5. The van der Waals surface area contributed by atoms with Crippen LogP contribution in [-0.4, -0.2) is 10.6 Å². The summed E-state index contributed by atoms with van der Waals surface area (Å²) in [7, 11) is 0. The van der Waals surface area contributed by atoms with E-state index in [0.717, 1.165) is 0 Å². The third-order valence-corrected chi connectivity index (χ3v) is 3.69. The molecule has 0 radical (unpaired) electrons. The van der Waals surface area contributed by atoms with Crippen molar-refractivity contribution in [1.82, 2.24) is 0 Å². The van der Waals surface area contributed by atoms with Gasteiger partial charge >= 0.3 is 0 Å². The van der Waals surface area contributed by atoms with E-state index in [1.165, 1.54) is 0 Å². The fourth-order valence-electron chi connectivity index (χ4n) is 1.08. The molecule has 0 aromatic heterocycles. The molecule has 1 atom stereocenters. The van der Waals surface area contributed by atoms with Gasteiger partial charge in [-0.15, -0.1) is 0 Å². The molecule has 0 spiro atoms. The number of alkyl halides is 1. The number of ketones is 1. The summed E-state index contributed by atoms with van der Waals surface area (Å²) in [6.07, 6.45) is 0. The minimum atomic E-state index is -0.122. The molecule has 0 amide bonds. The normalized spacial score (nSPS) is 12.9. The van der Waals surface area contributed by atoms with Crippen molar-refractivity contribution in [3.63, 3.8) is 0 Å². The Kier molecular flexibility index (Phi) is 4.14. The van der Waals surface area contributed by atoms with Gasteiger partial charge in [-0.25, -0.2) is 0 Å². The number of rotatable bonds is 3. The van der Waals surface area contributed by atoms with Crippen LogP contribution in [0.25, 0.3) is 0 Å².